The molecule has 0 atom stereocenters. The Kier molecular flexibility index (Phi) is 3.94. The lowest BCUT2D eigenvalue weighted by molar-refractivity contribution is 0.102. The Bertz CT molecular complexity index is 604. The van der Waals surface area contributed by atoms with Gasteiger partial charge in [-0.15, -0.1) is 0 Å². The van der Waals surface area contributed by atoms with Gasteiger partial charge < -0.3 is 5.32 Å². The lowest BCUT2D eigenvalue weighted by atomic mass is 10.2. The monoisotopic (exact) mass is 329 g/mol. The summed E-state index contributed by atoms with van der Waals surface area (Å²) in [4.78, 5) is 11.8. The van der Waals surface area contributed by atoms with E-state index >= 15 is 0 Å². The van der Waals surface area contributed by atoms with Crippen LogP contribution in [0, 0.1) is 11.6 Å². The molecule has 2 rings (SSSR count). The van der Waals surface area contributed by atoms with Crippen molar-refractivity contribution >= 4 is 27.5 Å². The molecule has 7 heteroatoms. The predicted molar refractivity (Wildman–Crippen MR) is 69.9 cm³/mol. The summed E-state index contributed by atoms with van der Waals surface area (Å²) in [6, 6.07) is 2.16. The third kappa shape index (κ3) is 2.98. The molecule has 0 aliphatic heterocycles. The highest BCUT2D eigenvalue weighted by Crippen LogP contribution is 2.24. The van der Waals surface area contributed by atoms with Crippen LogP contribution in [0.3, 0.4) is 0 Å². The average molecular weight is 330 g/mol. The summed E-state index contributed by atoms with van der Waals surface area (Å²) < 4.78 is 28.9. The molecule has 0 aliphatic carbocycles. The summed E-state index contributed by atoms with van der Waals surface area (Å²) >= 11 is 2.96. The van der Waals surface area contributed by atoms with Crippen molar-refractivity contribution in [1.82, 2.24) is 9.78 Å². The van der Waals surface area contributed by atoms with Crippen molar-refractivity contribution in [2.24, 2.45) is 0 Å². The van der Waals surface area contributed by atoms with Crippen molar-refractivity contribution in [2.45, 2.75) is 13.5 Å². The Hall–Kier alpha value is -1.76. The van der Waals surface area contributed by atoms with E-state index in [-0.39, 0.29) is 10.0 Å². The molecule has 0 aliphatic rings. The zero-order chi connectivity index (χ0) is 14.0. The van der Waals surface area contributed by atoms with Gasteiger partial charge >= 0.3 is 0 Å². The number of rotatable bonds is 3. The first-order valence-corrected chi connectivity index (χ1v) is 6.29. The number of anilines is 1. The summed E-state index contributed by atoms with van der Waals surface area (Å²) in [5.41, 5.74) is -0.235. The lowest BCUT2D eigenvalue weighted by Crippen LogP contribution is -2.13. The molecule has 0 radical (unpaired) electrons. The zero-order valence-electron chi connectivity index (χ0n) is 9.95. The van der Waals surface area contributed by atoms with Gasteiger partial charge in [-0.1, -0.05) is 15.9 Å². The SMILES string of the molecule is CCn1cc(C(=O)Nc2c(F)cc(Br)cc2F)cn1. The third-order valence-corrected chi connectivity index (χ3v) is 2.92. The predicted octanol–water partition coefficient (Wildman–Crippen LogP) is 3.20. The quantitative estimate of drug-likeness (QED) is 0.939. The molecule has 0 unspecified atom stereocenters. The Morgan fingerprint density at radius 3 is 2.58 bits per heavy atom. The third-order valence-electron chi connectivity index (χ3n) is 2.46. The molecule has 100 valence electrons. The molecule has 1 N–H and O–H groups in total. The molecular formula is C12H10BrF2N3O. The molecule has 0 bridgehead atoms. The molecule has 2 aromatic rings. The van der Waals surface area contributed by atoms with Crippen LogP contribution in [-0.2, 0) is 6.54 Å². The molecule has 4 nitrogen and oxygen atoms in total. The zero-order valence-corrected chi connectivity index (χ0v) is 11.5. The highest BCUT2D eigenvalue weighted by molar-refractivity contribution is 9.10. The minimum absolute atomic E-state index is 0.239. The largest absolute Gasteiger partial charge is 0.317 e. The molecule has 1 aromatic heterocycles. The van der Waals surface area contributed by atoms with Gasteiger partial charge in [0.05, 0.1) is 11.8 Å². The first-order valence-electron chi connectivity index (χ1n) is 5.49. The van der Waals surface area contributed by atoms with Crippen molar-refractivity contribution in [3.63, 3.8) is 0 Å². The molecule has 1 heterocycles. The number of halogens is 3. The van der Waals surface area contributed by atoms with Crippen molar-refractivity contribution in [3.8, 4) is 0 Å². The van der Waals surface area contributed by atoms with Crippen molar-refractivity contribution in [2.75, 3.05) is 5.32 Å². The van der Waals surface area contributed by atoms with Gasteiger partial charge in [-0.25, -0.2) is 8.78 Å². The molecule has 0 spiro atoms. The number of carbonyl (C=O) groups is 1. The van der Waals surface area contributed by atoms with E-state index in [1.54, 1.807) is 4.68 Å². The highest BCUT2D eigenvalue weighted by atomic mass is 79.9. The maximum absolute atomic E-state index is 13.6. The van der Waals surface area contributed by atoms with Crippen LogP contribution in [-0.4, -0.2) is 15.7 Å². The summed E-state index contributed by atoms with van der Waals surface area (Å²) in [6.07, 6.45) is 2.84. The number of nitrogens with zero attached hydrogens (tertiary/aromatic N) is 2. The highest BCUT2D eigenvalue weighted by Gasteiger charge is 2.15. The summed E-state index contributed by atoms with van der Waals surface area (Å²) in [5, 5.41) is 6.11. The average Bonchev–Trinajstić information content (AvgIpc) is 2.82. The van der Waals surface area contributed by atoms with E-state index in [1.807, 2.05) is 6.92 Å². The van der Waals surface area contributed by atoms with Crippen molar-refractivity contribution < 1.29 is 13.6 Å². The topological polar surface area (TPSA) is 46.9 Å². The minimum Gasteiger partial charge on any atom is -0.317 e. The van der Waals surface area contributed by atoms with E-state index in [1.165, 1.54) is 12.4 Å². The van der Waals surface area contributed by atoms with Crippen LogP contribution in [0.1, 0.15) is 17.3 Å². The van der Waals surface area contributed by atoms with Crippen LogP contribution < -0.4 is 5.32 Å². The molecular weight excluding hydrogens is 320 g/mol. The Morgan fingerprint density at radius 1 is 1.42 bits per heavy atom. The van der Waals surface area contributed by atoms with Gasteiger partial charge in [0, 0.05) is 17.2 Å². The van der Waals surface area contributed by atoms with Crippen LogP contribution in [0.5, 0.6) is 0 Å². The molecule has 1 aromatic carbocycles. The summed E-state index contributed by atoms with van der Waals surface area (Å²) in [5.74, 6) is -2.30. The van der Waals surface area contributed by atoms with E-state index in [0.29, 0.717) is 6.54 Å². The van der Waals surface area contributed by atoms with Gasteiger partial charge in [0.2, 0.25) is 0 Å². The fourth-order valence-electron chi connectivity index (χ4n) is 1.50. The minimum atomic E-state index is -0.844. The van der Waals surface area contributed by atoms with Crippen LogP contribution in [0.25, 0.3) is 0 Å². The maximum atomic E-state index is 13.6. The number of hydrogen-bond donors (Lipinski definition) is 1. The Labute approximate surface area is 116 Å². The van der Waals surface area contributed by atoms with Crippen LogP contribution in [0.2, 0.25) is 0 Å². The number of benzene rings is 1. The second kappa shape index (κ2) is 5.48. The number of nitrogens with one attached hydrogen (secondary N) is 1. The van der Waals surface area contributed by atoms with E-state index in [9.17, 15) is 13.6 Å². The summed E-state index contributed by atoms with van der Waals surface area (Å²) in [7, 11) is 0. The number of amides is 1. The lowest BCUT2D eigenvalue weighted by Gasteiger charge is -2.06. The van der Waals surface area contributed by atoms with Crippen LogP contribution in [0.15, 0.2) is 29.0 Å². The van der Waals surface area contributed by atoms with Gasteiger partial charge in [-0.2, -0.15) is 5.10 Å². The second-order valence-corrected chi connectivity index (χ2v) is 4.70. The number of aromatic nitrogens is 2. The maximum Gasteiger partial charge on any atom is 0.259 e. The van der Waals surface area contributed by atoms with Gasteiger partial charge in [0.25, 0.3) is 5.91 Å². The van der Waals surface area contributed by atoms with E-state index < -0.39 is 23.2 Å². The fraction of sp³-hybridized carbons (Fsp3) is 0.167. The van der Waals surface area contributed by atoms with Crippen molar-refractivity contribution in [1.29, 1.82) is 0 Å². The van der Waals surface area contributed by atoms with Gasteiger partial charge in [0.1, 0.15) is 5.69 Å². The van der Waals surface area contributed by atoms with E-state index in [0.717, 1.165) is 12.1 Å². The number of carbonyl (C=O) groups excluding carboxylic acids is 1. The smallest absolute Gasteiger partial charge is 0.259 e. The Morgan fingerprint density at radius 2 is 2.05 bits per heavy atom. The standard InChI is InChI=1S/C12H10BrF2N3O/c1-2-18-6-7(5-16-18)12(19)17-11-9(14)3-8(13)4-10(11)15/h3-6H,2H2,1H3,(H,17,19). The molecule has 1 amide bonds. The van der Waals surface area contributed by atoms with Crippen LogP contribution in [0.4, 0.5) is 14.5 Å². The second-order valence-electron chi connectivity index (χ2n) is 3.78. The van der Waals surface area contributed by atoms with Crippen LogP contribution >= 0.6 is 15.9 Å². The Balaban J connectivity index is 2.24. The van der Waals surface area contributed by atoms with E-state index in [2.05, 4.69) is 26.3 Å². The normalized spacial score (nSPS) is 10.5. The molecule has 0 saturated heterocycles. The van der Waals surface area contributed by atoms with Gasteiger partial charge in [-0.3, -0.25) is 9.48 Å². The number of hydrogen-bond acceptors (Lipinski definition) is 2. The first kappa shape index (κ1) is 13.7. The van der Waals surface area contributed by atoms with E-state index in [4.69, 9.17) is 0 Å². The van der Waals surface area contributed by atoms with Gasteiger partial charge in [0.15, 0.2) is 11.6 Å². The molecule has 19 heavy (non-hydrogen) atoms. The van der Waals surface area contributed by atoms with Crippen molar-refractivity contribution in [3.05, 3.63) is 46.2 Å². The first-order chi connectivity index (χ1) is 9.01. The van der Waals surface area contributed by atoms with Gasteiger partial charge in [-0.05, 0) is 19.1 Å². The summed E-state index contributed by atoms with van der Waals surface area (Å²) in [6.45, 7) is 2.47. The molecule has 0 fully saturated rings. The molecule has 0 saturated carbocycles. The number of aryl methyl sites for hydroxylation is 1. The fourth-order valence-corrected chi connectivity index (χ4v) is 1.90.